The van der Waals surface area contributed by atoms with E-state index in [0.29, 0.717) is 42.4 Å². The maximum atomic E-state index is 12.5. The first kappa shape index (κ1) is 23.1. The van der Waals surface area contributed by atoms with Gasteiger partial charge in [-0.05, 0) is 86.2 Å². The smallest absolute Gasteiger partial charge is 0.335 e. The van der Waals surface area contributed by atoms with Crippen molar-refractivity contribution in [2.24, 2.45) is 5.92 Å². The van der Waals surface area contributed by atoms with E-state index in [-0.39, 0.29) is 12.0 Å². The minimum absolute atomic E-state index is 0.110. The van der Waals surface area contributed by atoms with Crippen LogP contribution in [0.2, 0.25) is 0 Å². The number of aromatic hydroxyl groups is 1. The largest absolute Gasteiger partial charge is 0.508 e. The van der Waals surface area contributed by atoms with Crippen LogP contribution in [0.15, 0.2) is 30.0 Å². The molecule has 8 heteroatoms. The van der Waals surface area contributed by atoms with Crippen LogP contribution in [0.5, 0.6) is 5.75 Å². The maximum absolute atomic E-state index is 12.5. The van der Waals surface area contributed by atoms with Crippen LogP contribution in [0, 0.1) is 5.92 Å². The summed E-state index contributed by atoms with van der Waals surface area (Å²) in [7, 11) is 0. The number of hydrogen-bond donors (Lipinski definition) is 5. The highest BCUT2D eigenvalue weighted by Gasteiger charge is 2.42. The van der Waals surface area contributed by atoms with Gasteiger partial charge in [-0.25, -0.2) is 15.2 Å². The molecule has 1 saturated heterocycles. The normalized spacial score (nSPS) is 27.0. The molecule has 1 aromatic heterocycles. The van der Waals surface area contributed by atoms with Gasteiger partial charge in [0.05, 0.1) is 30.1 Å². The number of fused-ring (bicyclic) bond motifs is 1. The fourth-order valence-corrected chi connectivity index (χ4v) is 5.96. The Hall–Kier alpha value is -2.68. The number of hydrogen-bond acceptors (Lipinski definition) is 7. The van der Waals surface area contributed by atoms with Crippen LogP contribution in [0.3, 0.4) is 0 Å². The van der Waals surface area contributed by atoms with Gasteiger partial charge >= 0.3 is 5.97 Å². The fraction of sp³-hybridized carbons (Fsp3) is 0.538. The summed E-state index contributed by atoms with van der Waals surface area (Å²) in [6.45, 7) is 5.70. The number of benzene rings is 1. The third kappa shape index (κ3) is 4.37. The molecule has 8 nitrogen and oxygen atoms in total. The predicted molar refractivity (Wildman–Crippen MR) is 130 cm³/mol. The van der Waals surface area contributed by atoms with Crippen LogP contribution in [0.1, 0.15) is 74.1 Å². The number of phenols is 1. The molecule has 3 aliphatic rings. The molecule has 0 amide bonds. The van der Waals surface area contributed by atoms with Gasteiger partial charge in [0, 0.05) is 12.6 Å². The van der Waals surface area contributed by atoms with Gasteiger partial charge < -0.3 is 20.1 Å². The SMILES string of the molecule is CCOC(=O)C1=C(c2cnc(C3NNC4CC(c5ccc(O)cc5CC)CCC43)[nH]2)CCNC1. The third-order valence-electron chi connectivity index (χ3n) is 7.66. The molecular weight excluding hydrogens is 430 g/mol. The number of aromatic amines is 1. The molecule has 0 radical (unpaired) electrons. The van der Waals surface area contributed by atoms with Crippen molar-refractivity contribution in [3.8, 4) is 5.75 Å². The van der Waals surface area contributed by atoms with Crippen molar-refractivity contribution in [3.05, 3.63) is 52.6 Å². The average molecular weight is 466 g/mol. The molecule has 1 saturated carbocycles. The van der Waals surface area contributed by atoms with Crippen molar-refractivity contribution >= 4 is 11.5 Å². The lowest BCUT2D eigenvalue weighted by Gasteiger charge is -2.33. The second-order valence-electron chi connectivity index (χ2n) is 9.57. The van der Waals surface area contributed by atoms with E-state index in [2.05, 4.69) is 34.1 Å². The summed E-state index contributed by atoms with van der Waals surface area (Å²) >= 11 is 0. The second kappa shape index (κ2) is 9.90. The van der Waals surface area contributed by atoms with Gasteiger partial charge in [0.1, 0.15) is 11.6 Å². The second-order valence-corrected chi connectivity index (χ2v) is 9.57. The van der Waals surface area contributed by atoms with E-state index < -0.39 is 0 Å². The molecule has 2 aromatic rings. The minimum Gasteiger partial charge on any atom is -0.508 e. The van der Waals surface area contributed by atoms with Crippen molar-refractivity contribution in [2.45, 2.75) is 64.0 Å². The highest BCUT2D eigenvalue weighted by atomic mass is 16.5. The van der Waals surface area contributed by atoms with E-state index in [9.17, 15) is 9.90 Å². The van der Waals surface area contributed by atoms with Gasteiger partial charge in [0.15, 0.2) is 0 Å². The van der Waals surface area contributed by atoms with Crippen molar-refractivity contribution < 1.29 is 14.6 Å². The molecule has 3 heterocycles. The third-order valence-corrected chi connectivity index (χ3v) is 7.66. The fourth-order valence-electron chi connectivity index (χ4n) is 5.96. The zero-order valence-corrected chi connectivity index (χ0v) is 20.0. The number of carbonyl (C=O) groups excluding carboxylic acids is 1. The molecule has 0 spiro atoms. The first-order valence-electron chi connectivity index (χ1n) is 12.6. The Labute approximate surface area is 200 Å². The topological polar surface area (TPSA) is 111 Å². The van der Waals surface area contributed by atoms with Crippen LogP contribution in [-0.4, -0.2) is 46.8 Å². The molecule has 34 heavy (non-hydrogen) atoms. The number of ether oxygens (including phenoxy) is 1. The molecular formula is C26H35N5O3. The molecule has 5 rings (SSSR count). The van der Waals surface area contributed by atoms with Gasteiger partial charge in [-0.1, -0.05) is 13.0 Å². The zero-order chi connectivity index (χ0) is 23.7. The summed E-state index contributed by atoms with van der Waals surface area (Å²) in [5.74, 6) is 1.95. The van der Waals surface area contributed by atoms with Crippen LogP contribution < -0.4 is 16.2 Å². The molecule has 2 fully saturated rings. The van der Waals surface area contributed by atoms with E-state index in [4.69, 9.17) is 9.72 Å². The van der Waals surface area contributed by atoms with Gasteiger partial charge in [-0.3, -0.25) is 5.43 Å². The quantitative estimate of drug-likeness (QED) is 0.417. The Balaban J connectivity index is 1.32. The molecule has 182 valence electrons. The number of esters is 1. The van der Waals surface area contributed by atoms with E-state index in [1.165, 1.54) is 11.1 Å². The number of aromatic nitrogens is 2. The maximum Gasteiger partial charge on any atom is 0.335 e. The van der Waals surface area contributed by atoms with Crippen LogP contribution in [-0.2, 0) is 16.0 Å². The molecule has 4 unspecified atom stereocenters. The first-order chi connectivity index (χ1) is 16.6. The van der Waals surface area contributed by atoms with E-state index in [1.54, 1.807) is 0 Å². The van der Waals surface area contributed by atoms with Crippen LogP contribution in [0.25, 0.3) is 5.57 Å². The zero-order valence-electron chi connectivity index (χ0n) is 20.0. The van der Waals surface area contributed by atoms with Gasteiger partial charge in [0.25, 0.3) is 0 Å². The van der Waals surface area contributed by atoms with Crippen molar-refractivity contribution in [1.29, 1.82) is 0 Å². The number of rotatable bonds is 6. The predicted octanol–water partition coefficient (Wildman–Crippen LogP) is 3.09. The van der Waals surface area contributed by atoms with Gasteiger partial charge in [-0.15, -0.1) is 0 Å². The summed E-state index contributed by atoms with van der Waals surface area (Å²) in [5.41, 5.74) is 12.2. The Morgan fingerprint density at radius 2 is 2.12 bits per heavy atom. The molecule has 4 atom stereocenters. The summed E-state index contributed by atoms with van der Waals surface area (Å²) in [6.07, 6.45) is 6.84. The van der Waals surface area contributed by atoms with Crippen molar-refractivity contribution in [1.82, 2.24) is 26.1 Å². The number of imidazole rings is 1. The van der Waals surface area contributed by atoms with E-state index in [1.807, 2.05) is 25.3 Å². The van der Waals surface area contributed by atoms with E-state index >= 15 is 0 Å². The summed E-state index contributed by atoms with van der Waals surface area (Å²) < 4.78 is 5.27. The number of nitrogens with zero attached hydrogens (tertiary/aromatic N) is 1. The Morgan fingerprint density at radius 3 is 2.94 bits per heavy atom. The lowest BCUT2D eigenvalue weighted by Crippen LogP contribution is -2.35. The summed E-state index contributed by atoms with van der Waals surface area (Å²) in [6, 6.07) is 6.30. The monoisotopic (exact) mass is 465 g/mol. The molecule has 5 N–H and O–H groups in total. The highest BCUT2D eigenvalue weighted by molar-refractivity contribution is 5.98. The molecule has 2 aliphatic heterocycles. The number of phenolic OH excluding ortho intramolecular Hbond substituents is 1. The van der Waals surface area contributed by atoms with Gasteiger partial charge in [-0.2, -0.15) is 0 Å². The molecule has 1 aromatic carbocycles. The number of carbonyl (C=O) groups is 1. The molecule has 1 aliphatic carbocycles. The van der Waals surface area contributed by atoms with Crippen molar-refractivity contribution in [3.63, 3.8) is 0 Å². The van der Waals surface area contributed by atoms with E-state index in [0.717, 1.165) is 55.7 Å². The van der Waals surface area contributed by atoms with Crippen LogP contribution >= 0.6 is 0 Å². The Kier molecular flexibility index (Phi) is 6.72. The highest BCUT2D eigenvalue weighted by Crippen LogP contribution is 2.44. The minimum atomic E-state index is -0.249. The lowest BCUT2D eigenvalue weighted by molar-refractivity contribution is -0.138. The number of nitrogens with one attached hydrogen (secondary N) is 4. The van der Waals surface area contributed by atoms with Gasteiger partial charge in [0.2, 0.25) is 0 Å². The molecule has 0 bridgehead atoms. The standard InChI is InChI=1S/C26H35N5O3/c1-3-15-11-17(32)6-8-18(15)16-5-7-20-22(12-16)30-31-24(20)25-28-14-23(29-25)19-9-10-27-13-21(19)26(33)34-4-2/h6,8,11,14,16,20,22,24,27,30-32H,3-5,7,9-10,12-13H2,1-2H3,(H,28,29). The summed E-state index contributed by atoms with van der Waals surface area (Å²) in [5, 5.41) is 13.2. The van der Waals surface area contributed by atoms with Crippen LogP contribution in [0.4, 0.5) is 0 Å². The number of hydrazine groups is 1. The average Bonchev–Trinajstić information content (AvgIpc) is 3.51. The summed E-state index contributed by atoms with van der Waals surface area (Å²) in [4.78, 5) is 20.7. The Morgan fingerprint density at radius 1 is 1.24 bits per heavy atom. The van der Waals surface area contributed by atoms with Crippen molar-refractivity contribution in [2.75, 3.05) is 19.7 Å². The first-order valence-corrected chi connectivity index (χ1v) is 12.6. The lowest BCUT2D eigenvalue weighted by atomic mass is 9.73. The number of aryl methyl sites for hydroxylation is 1. The Bertz CT molecular complexity index is 1080. The number of H-pyrrole nitrogens is 1.